The number of nitrogens with zero attached hydrogens (tertiary/aromatic N) is 2. The molecule has 0 amide bonds. The fraction of sp³-hybridized carbons (Fsp3) is 0.214. The summed E-state index contributed by atoms with van der Waals surface area (Å²) in [5, 5.41) is 14.0. The average Bonchev–Trinajstić information content (AvgIpc) is 2.36. The summed E-state index contributed by atoms with van der Waals surface area (Å²) in [7, 11) is 0. The molecule has 0 radical (unpaired) electrons. The van der Waals surface area contributed by atoms with E-state index < -0.39 is 4.92 Å². The summed E-state index contributed by atoms with van der Waals surface area (Å²) in [6, 6.07) is 11.1. The molecule has 5 heteroatoms. The molecule has 0 unspecified atom stereocenters. The Morgan fingerprint density at radius 2 is 2.05 bits per heavy atom. The van der Waals surface area contributed by atoms with Crippen LogP contribution >= 0.6 is 0 Å². The van der Waals surface area contributed by atoms with Crippen LogP contribution in [-0.2, 0) is 6.54 Å². The molecular formula is C14H15N3O2. The fourth-order valence-corrected chi connectivity index (χ4v) is 1.83. The summed E-state index contributed by atoms with van der Waals surface area (Å²) in [5.41, 5.74) is 2.97. The summed E-state index contributed by atoms with van der Waals surface area (Å²) < 4.78 is 0. The number of rotatable bonds is 4. The summed E-state index contributed by atoms with van der Waals surface area (Å²) in [4.78, 5) is 14.7. The van der Waals surface area contributed by atoms with Crippen molar-refractivity contribution in [2.45, 2.75) is 20.4 Å². The normalized spacial score (nSPS) is 10.2. The number of aryl methyl sites for hydroxylation is 2. The number of hydrogen-bond acceptors (Lipinski definition) is 4. The highest BCUT2D eigenvalue weighted by atomic mass is 16.6. The molecule has 2 aromatic rings. The van der Waals surface area contributed by atoms with Gasteiger partial charge in [0.15, 0.2) is 0 Å². The van der Waals surface area contributed by atoms with Crippen LogP contribution < -0.4 is 5.32 Å². The molecule has 0 bridgehead atoms. The van der Waals surface area contributed by atoms with Gasteiger partial charge in [-0.15, -0.1) is 0 Å². The highest BCUT2D eigenvalue weighted by molar-refractivity contribution is 5.56. The van der Waals surface area contributed by atoms with Gasteiger partial charge in [0.2, 0.25) is 5.82 Å². The van der Waals surface area contributed by atoms with E-state index in [4.69, 9.17) is 0 Å². The minimum Gasteiger partial charge on any atom is -0.360 e. The average molecular weight is 257 g/mol. The first-order valence-corrected chi connectivity index (χ1v) is 5.98. The van der Waals surface area contributed by atoms with Crippen LogP contribution in [-0.4, -0.2) is 9.91 Å². The third kappa shape index (κ3) is 3.28. The van der Waals surface area contributed by atoms with Crippen molar-refractivity contribution < 1.29 is 4.92 Å². The molecule has 1 aromatic heterocycles. The molecule has 5 nitrogen and oxygen atoms in total. The van der Waals surface area contributed by atoms with Crippen molar-refractivity contribution in [3.63, 3.8) is 0 Å². The molecule has 0 fully saturated rings. The molecule has 1 heterocycles. The van der Waals surface area contributed by atoms with E-state index >= 15 is 0 Å². The lowest BCUT2D eigenvalue weighted by Gasteiger charge is -2.07. The molecule has 0 atom stereocenters. The van der Waals surface area contributed by atoms with Gasteiger partial charge in [-0.3, -0.25) is 10.1 Å². The first-order valence-electron chi connectivity index (χ1n) is 5.98. The largest absolute Gasteiger partial charge is 0.360 e. The summed E-state index contributed by atoms with van der Waals surface area (Å²) in [6.45, 7) is 4.33. The van der Waals surface area contributed by atoms with E-state index in [0.29, 0.717) is 12.4 Å². The van der Waals surface area contributed by atoms with Crippen LogP contribution in [0.3, 0.4) is 0 Å². The Kier molecular flexibility index (Phi) is 3.75. The standard InChI is InChI=1S/C14H15N3O2/c1-10-4-3-5-12(8-10)9-15-14-13(17(18)19)7-6-11(2)16-14/h3-8H,9H2,1-2H3,(H,15,16). The third-order valence-corrected chi connectivity index (χ3v) is 2.75. The number of nitrogens with one attached hydrogen (secondary N) is 1. The van der Waals surface area contributed by atoms with Gasteiger partial charge in [0.1, 0.15) is 0 Å². The van der Waals surface area contributed by atoms with Crippen molar-refractivity contribution in [2.24, 2.45) is 0 Å². The van der Waals surface area contributed by atoms with Crippen LogP contribution in [0.25, 0.3) is 0 Å². The van der Waals surface area contributed by atoms with Gasteiger partial charge in [-0.25, -0.2) is 4.98 Å². The molecule has 0 spiro atoms. The van der Waals surface area contributed by atoms with Crippen LogP contribution in [0.4, 0.5) is 11.5 Å². The number of pyridine rings is 1. The van der Waals surface area contributed by atoms with Gasteiger partial charge >= 0.3 is 5.69 Å². The second-order valence-electron chi connectivity index (χ2n) is 4.42. The molecule has 98 valence electrons. The van der Waals surface area contributed by atoms with Crippen molar-refractivity contribution >= 4 is 11.5 Å². The fourth-order valence-electron chi connectivity index (χ4n) is 1.83. The molecule has 1 N–H and O–H groups in total. The van der Waals surface area contributed by atoms with Gasteiger partial charge in [-0.05, 0) is 25.5 Å². The van der Waals surface area contributed by atoms with Crippen molar-refractivity contribution in [2.75, 3.05) is 5.32 Å². The number of nitro groups is 1. The van der Waals surface area contributed by atoms with E-state index in [1.54, 1.807) is 6.07 Å². The molecule has 0 aliphatic heterocycles. The SMILES string of the molecule is Cc1cccc(CNc2nc(C)ccc2[N+](=O)[O-])c1. The Bertz CT molecular complexity index is 611. The quantitative estimate of drug-likeness (QED) is 0.674. The zero-order chi connectivity index (χ0) is 13.8. The van der Waals surface area contributed by atoms with Gasteiger partial charge in [-0.1, -0.05) is 29.8 Å². The molecule has 0 aliphatic carbocycles. The molecule has 0 saturated carbocycles. The minimum atomic E-state index is -0.426. The summed E-state index contributed by atoms with van der Waals surface area (Å²) >= 11 is 0. The van der Waals surface area contributed by atoms with Gasteiger partial charge < -0.3 is 5.32 Å². The van der Waals surface area contributed by atoms with E-state index in [1.165, 1.54) is 6.07 Å². The van der Waals surface area contributed by atoms with Crippen molar-refractivity contribution in [3.8, 4) is 0 Å². The number of aromatic nitrogens is 1. The van der Waals surface area contributed by atoms with E-state index in [1.807, 2.05) is 38.1 Å². The Morgan fingerprint density at radius 3 is 2.74 bits per heavy atom. The van der Waals surface area contributed by atoms with E-state index in [-0.39, 0.29) is 5.69 Å². The second-order valence-corrected chi connectivity index (χ2v) is 4.42. The van der Waals surface area contributed by atoms with Gasteiger partial charge in [0, 0.05) is 18.3 Å². The van der Waals surface area contributed by atoms with Crippen molar-refractivity contribution in [1.82, 2.24) is 4.98 Å². The predicted octanol–water partition coefficient (Wildman–Crippen LogP) is 3.22. The molecule has 19 heavy (non-hydrogen) atoms. The first-order chi connectivity index (χ1) is 9.06. The van der Waals surface area contributed by atoms with Crippen LogP contribution in [0, 0.1) is 24.0 Å². The Labute approximate surface area is 111 Å². The predicted molar refractivity (Wildman–Crippen MR) is 74.1 cm³/mol. The van der Waals surface area contributed by atoms with Crippen LogP contribution in [0.2, 0.25) is 0 Å². The van der Waals surface area contributed by atoms with Gasteiger partial charge in [0.25, 0.3) is 0 Å². The minimum absolute atomic E-state index is 0.00162. The molecule has 2 rings (SSSR count). The monoisotopic (exact) mass is 257 g/mol. The second kappa shape index (κ2) is 5.48. The number of anilines is 1. The lowest BCUT2D eigenvalue weighted by molar-refractivity contribution is -0.384. The summed E-state index contributed by atoms with van der Waals surface area (Å²) in [5.74, 6) is 0.312. The highest BCUT2D eigenvalue weighted by Gasteiger charge is 2.14. The maximum atomic E-state index is 10.9. The Hall–Kier alpha value is -2.43. The van der Waals surface area contributed by atoms with Crippen molar-refractivity contribution in [1.29, 1.82) is 0 Å². The maximum Gasteiger partial charge on any atom is 0.311 e. The van der Waals surface area contributed by atoms with E-state index in [2.05, 4.69) is 10.3 Å². The molecule has 0 saturated heterocycles. The lowest BCUT2D eigenvalue weighted by Crippen LogP contribution is -2.05. The van der Waals surface area contributed by atoms with Gasteiger partial charge in [0.05, 0.1) is 4.92 Å². The molecule has 1 aromatic carbocycles. The molecular weight excluding hydrogens is 242 g/mol. The lowest BCUT2D eigenvalue weighted by atomic mass is 10.1. The van der Waals surface area contributed by atoms with Crippen LogP contribution in [0.15, 0.2) is 36.4 Å². The highest BCUT2D eigenvalue weighted by Crippen LogP contribution is 2.22. The Balaban J connectivity index is 2.19. The maximum absolute atomic E-state index is 10.9. The van der Waals surface area contributed by atoms with E-state index in [0.717, 1.165) is 16.8 Å². The smallest absolute Gasteiger partial charge is 0.311 e. The van der Waals surface area contributed by atoms with Crippen LogP contribution in [0.5, 0.6) is 0 Å². The van der Waals surface area contributed by atoms with Gasteiger partial charge in [-0.2, -0.15) is 0 Å². The Morgan fingerprint density at radius 1 is 1.26 bits per heavy atom. The topological polar surface area (TPSA) is 68.1 Å². The zero-order valence-corrected chi connectivity index (χ0v) is 10.9. The zero-order valence-electron chi connectivity index (χ0n) is 10.9. The van der Waals surface area contributed by atoms with E-state index in [9.17, 15) is 10.1 Å². The summed E-state index contributed by atoms with van der Waals surface area (Å²) in [6.07, 6.45) is 0. The first kappa shape index (κ1) is 13.0. The van der Waals surface area contributed by atoms with Crippen LogP contribution in [0.1, 0.15) is 16.8 Å². The molecule has 0 aliphatic rings. The third-order valence-electron chi connectivity index (χ3n) is 2.75. The number of benzene rings is 1. The van der Waals surface area contributed by atoms with Crippen molar-refractivity contribution in [3.05, 3.63) is 63.3 Å². The number of hydrogen-bond donors (Lipinski definition) is 1.